The van der Waals surface area contributed by atoms with E-state index < -0.39 is 0 Å². The van der Waals surface area contributed by atoms with E-state index in [4.69, 9.17) is 11.6 Å². The van der Waals surface area contributed by atoms with Crippen molar-refractivity contribution in [1.82, 2.24) is 4.98 Å². The monoisotopic (exact) mass is 252 g/mol. The van der Waals surface area contributed by atoms with Crippen LogP contribution in [0.2, 0.25) is 5.02 Å². The van der Waals surface area contributed by atoms with Crippen LogP contribution in [0.4, 0.5) is 5.69 Å². The predicted octanol–water partition coefficient (Wildman–Crippen LogP) is 3.36. The molecular formula is C13H17ClN2O. The number of nitrogens with zero attached hydrogens (tertiary/aromatic N) is 1. The summed E-state index contributed by atoms with van der Waals surface area (Å²) in [7, 11) is 0. The van der Waals surface area contributed by atoms with Crippen molar-refractivity contribution in [2.75, 3.05) is 5.32 Å². The summed E-state index contributed by atoms with van der Waals surface area (Å²) in [5.74, 6) is 0.0428. The van der Waals surface area contributed by atoms with Crippen molar-refractivity contribution < 1.29 is 4.79 Å². The third kappa shape index (κ3) is 1.82. The zero-order valence-electron chi connectivity index (χ0n) is 10.5. The van der Waals surface area contributed by atoms with Gasteiger partial charge in [-0.1, -0.05) is 39.3 Å². The van der Waals surface area contributed by atoms with Crippen LogP contribution in [0.5, 0.6) is 0 Å². The van der Waals surface area contributed by atoms with E-state index in [0.717, 1.165) is 0 Å². The lowest BCUT2D eigenvalue weighted by molar-refractivity contribution is -0.118. The summed E-state index contributed by atoms with van der Waals surface area (Å²) in [6.07, 6.45) is 3.17. The van der Waals surface area contributed by atoms with Gasteiger partial charge in [-0.25, -0.2) is 0 Å². The Morgan fingerprint density at radius 3 is 2.41 bits per heavy atom. The highest BCUT2D eigenvalue weighted by molar-refractivity contribution is 6.33. The van der Waals surface area contributed by atoms with Gasteiger partial charge in [0.1, 0.15) is 0 Å². The van der Waals surface area contributed by atoms with Crippen molar-refractivity contribution in [3.8, 4) is 0 Å². The minimum atomic E-state index is 0.0197. The molecule has 92 valence electrons. The Hall–Kier alpha value is -1.09. The number of nitrogens with one attached hydrogen (secondary N) is 1. The minimum absolute atomic E-state index is 0.0197. The lowest BCUT2D eigenvalue weighted by atomic mass is 10.0. The van der Waals surface area contributed by atoms with E-state index in [1.165, 1.54) is 0 Å². The average molecular weight is 253 g/mol. The molecule has 4 heteroatoms. The molecule has 0 spiro atoms. The fraction of sp³-hybridized carbons (Fsp3) is 0.538. The third-order valence-electron chi connectivity index (χ3n) is 4.31. The molecule has 0 radical (unpaired) electrons. The van der Waals surface area contributed by atoms with E-state index in [2.05, 4.69) is 38.0 Å². The molecule has 17 heavy (non-hydrogen) atoms. The molecule has 1 aromatic heterocycles. The topological polar surface area (TPSA) is 42.0 Å². The Morgan fingerprint density at radius 2 is 1.94 bits per heavy atom. The molecule has 1 fully saturated rings. The van der Waals surface area contributed by atoms with Crippen LogP contribution in [0.25, 0.3) is 0 Å². The van der Waals surface area contributed by atoms with Gasteiger partial charge in [0.15, 0.2) is 0 Å². The van der Waals surface area contributed by atoms with Crippen molar-refractivity contribution in [3.05, 3.63) is 23.5 Å². The smallest absolute Gasteiger partial charge is 0.228 e. The van der Waals surface area contributed by atoms with Crippen LogP contribution in [-0.2, 0) is 4.79 Å². The van der Waals surface area contributed by atoms with Crippen LogP contribution in [0.3, 0.4) is 0 Å². The molecule has 1 N–H and O–H groups in total. The second kappa shape index (κ2) is 3.70. The standard InChI is InChI=1S/C13H17ClN2O/c1-12(2)10(13(12,3)4)11(17)16-9-7-15-6-5-8(9)14/h5-7,10H,1-4H3,(H,16,17). The van der Waals surface area contributed by atoms with Gasteiger partial charge < -0.3 is 5.32 Å². The van der Waals surface area contributed by atoms with E-state index in [1.54, 1.807) is 18.5 Å². The molecule has 1 aliphatic carbocycles. The Labute approximate surface area is 107 Å². The zero-order chi connectivity index (χ0) is 12.8. The number of halogens is 1. The molecule has 0 atom stereocenters. The summed E-state index contributed by atoms with van der Waals surface area (Å²) in [5, 5.41) is 3.37. The SMILES string of the molecule is CC1(C)C(C(=O)Nc2cnccc2Cl)C1(C)C. The summed E-state index contributed by atoms with van der Waals surface area (Å²) < 4.78 is 0. The molecule has 1 heterocycles. The van der Waals surface area contributed by atoms with Gasteiger partial charge in [0.05, 0.1) is 16.9 Å². The molecule has 0 bridgehead atoms. The lowest BCUT2D eigenvalue weighted by Crippen LogP contribution is -2.18. The third-order valence-corrected chi connectivity index (χ3v) is 4.64. The highest BCUT2D eigenvalue weighted by atomic mass is 35.5. The molecule has 1 saturated carbocycles. The lowest BCUT2D eigenvalue weighted by Gasteiger charge is -2.07. The van der Waals surface area contributed by atoms with Crippen LogP contribution in [0.15, 0.2) is 18.5 Å². The number of rotatable bonds is 2. The maximum atomic E-state index is 12.2. The number of hydrogen-bond donors (Lipinski definition) is 1. The van der Waals surface area contributed by atoms with E-state index in [-0.39, 0.29) is 22.7 Å². The van der Waals surface area contributed by atoms with Gasteiger partial charge in [0.25, 0.3) is 0 Å². The summed E-state index contributed by atoms with van der Waals surface area (Å²) >= 11 is 5.98. The van der Waals surface area contributed by atoms with Crippen molar-refractivity contribution in [1.29, 1.82) is 0 Å². The first-order valence-electron chi connectivity index (χ1n) is 5.69. The normalized spacial score (nSPS) is 21.0. The Morgan fingerprint density at radius 1 is 1.35 bits per heavy atom. The van der Waals surface area contributed by atoms with Crippen LogP contribution >= 0.6 is 11.6 Å². The fourth-order valence-electron chi connectivity index (χ4n) is 2.53. The number of hydrogen-bond acceptors (Lipinski definition) is 2. The molecule has 1 aromatic rings. The number of carbonyl (C=O) groups excluding carboxylic acids is 1. The highest BCUT2D eigenvalue weighted by Gasteiger charge is 2.68. The molecule has 1 amide bonds. The van der Waals surface area contributed by atoms with Gasteiger partial charge in [-0.3, -0.25) is 9.78 Å². The average Bonchev–Trinajstić information content (AvgIpc) is 2.61. The first-order chi connectivity index (χ1) is 7.78. The maximum Gasteiger partial charge on any atom is 0.228 e. The molecule has 0 saturated heterocycles. The first-order valence-corrected chi connectivity index (χ1v) is 6.06. The van der Waals surface area contributed by atoms with Crippen molar-refractivity contribution in [3.63, 3.8) is 0 Å². The van der Waals surface area contributed by atoms with Crippen LogP contribution in [-0.4, -0.2) is 10.9 Å². The quantitative estimate of drug-likeness (QED) is 0.877. The largest absolute Gasteiger partial charge is 0.323 e. The van der Waals surface area contributed by atoms with Crippen LogP contribution in [0.1, 0.15) is 27.7 Å². The van der Waals surface area contributed by atoms with Crippen LogP contribution < -0.4 is 5.32 Å². The summed E-state index contributed by atoms with van der Waals surface area (Å²) in [6.45, 7) is 8.45. The van der Waals surface area contributed by atoms with Gasteiger partial charge in [-0.2, -0.15) is 0 Å². The number of anilines is 1. The zero-order valence-corrected chi connectivity index (χ0v) is 11.3. The minimum Gasteiger partial charge on any atom is -0.323 e. The molecule has 0 unspecified atom stereocenters. The van der Waals surface area contributed by atoms with Crippen molar-refractivity contribution in [2.24, 2.45) is 16.7 Å². The molecule has 2 rings (SSSR count). The van der Waals surface area contributed by atoms with E-state index in [0.29, 0.717) is 10.7 Å². The molecular weight excluding hydrogens is 236 g/mol. The Bertz CT molecular complexity index is 454. The number of aromatic nitrogens is 1. The Balaban J connectivity index is 2.13. The van der Waals surface area contributed by atoms with E-state index in [1.807, 2.05) is 0 Å². The second-order valence-electron chi connectivity index (χ2n) is 5.72. The van der Waals surface area contributed by atoms with Gasteiger partial charge in [-0.15, -0.1) is 0 Å². The number of amides is 1. The summed E-state index contributed by atoms with van der Waals surface area (Å²) in [5.41, 5.74) is 0.648. The maximum absolute atomic E-state index is 12.2. The van der Waals surface area contributed by atoms with Crippen molar-refractivity contribution >= 4 is 23.2 Å². The van der Waals surface area contributed by atoms with E-state index in [9.17, 15) is 4.79 Å². The summed E-state index contributed by atoms with van der Waals surface area (Å²) in [4.78, 5) is 16.1. The first kappa shape index (κ1) is 12.4. The van der Waals surface area contributed by atoms with Gasteiger partial charge in [0, 0.05) is 12.1 Å². The second-order valence-corrected chi connectivity index (χ2v) is 6.13. The van der Waals surface area contributed by atoms with E-state index >= 15 is 0 Å². The molecule has 1 aliphatic rings. The van der Waals surface area contributed by atoms with Gasteiger partial charge in [0.2, 0.25) is 5.91 Å². The molecule has 3 nitrogen and oxygen atoms in total. The Kier molecular flexibility index (Phi) is 2.69. The fourth-order valence-corrected chi connectivity index (χ4v) is 2.68. The van der Waals surface area contributed by atoms with Gasteiger partial charge in [-0.05, 0) is 16.9 Å². The number of carbonyl (C=O) groups is 1. The van der Waals surface area contributed by atoms with Gasteiger partial charge >= 0.3 is 0 Å². The molecule has 0 aliphatic heterocycles. The highest BCUT2D eigenvalue weighted by Crippen LogP contribution is 2.68. The summed E-state index contributed by atoms with van der Waals surface area (Å²) in [6, 6.07) is 1.67. The predicted molar refractivity (Wildman–Crippen MR) is 68.9 cm³/mol. The number of pyridine rings is 1. The van der Waals surface area contributed by atoms with Crippen LogP contribution in [0, 0.1) is 16.7 Å². The molecule has 0 aromatic carbocycles. The van der Waals surface area contributed by atoms with Crippen molar-refractivity contribution in [2.45, 2.75) is 27.7 Å².